The van der Waals surface area contributed by atoms with Crippen molar-refractivity contribution in [2.45, 2.75) is 46.3 Å². The third-order valence-corrected chi connectivity index (χ3v) is 2.98. The fourth-order valence-corrected chi connectivity index (χ4v) is 2.05. The number of nitrogens with zero attached hydrogens (tertiary/aromatic N) is 2. The lowest BCUT2D eigenvalue weighted by Gasteiger charge is -2.32. The summed E-state index contributed by atoms with van der Waals surface area (Å²) in [7, 11) is 0. The summed E-state index contributed by atoms with van der Waals surface area (Å²) >= 11 is 0. The van der Waals surface area contributed by atoms with Crippen LogP contribution in [0.5, 0.6) is 0 Å². The molecule has 0 unspecified atom stereocenters. The molecule has 0 bridgehead atoms. The van der Waals surface area contributed by atoms with Crippen molar-refractivity contribution in [3.05, 3.63) is 22.4 Å². The van der Waals surface area contributed by atoms with Crippen molar-refractivity contribution in [1.29, 1.82) is 0 Å². The van der Waals surface area contributed by atoms with Crippen LogP contribution >= 0.6 is 0 Å². The average molecular weight is 270 g/mol. The summed E-state index contributed by atoms with van der Waals surface area (Å²) in [4.78, 5) is 24.0. The highest BCUT2D eigenvalue weighted by Crippen LogP contribution is 2.25. The van der Waals surface area contributed by atoms with Crippen LogP contribution < -0.4 is 0 Å². The van der Waals surface area contributed by atoms with E-state index in [4.69, 9.17) is 4.74 Å². The molecule has 0 saturated carbocycles. The third-order valence-electron chi connectivity index (χ3n) is 2.98. The van der Waals surface area contributed by atoms with Gasteiger partial charge in [-0.3, -0.25) is 15.0 Å². The first-order valence-corrected chi connectivity index (χ1v) is 6.43. The van der Waals surface area contributed by atoms with Gasteiger partial charge in [0.05, 0.1) is 12.5 Å². The molecule has 0 aromatic heterocycles. The van der Waals surface area contributed by atoms with E-state index >= 15 is 0 Å². The quantitative estimate of drug-likeness (QED) is 0.571. The molecule has 6 nitrogen and oxygen atoms in total. The van der Waals surface area contributed by atoms with E-state index < -0.39 is 17.7 Å². The Hall–Kier alpha value is -1.59. The number of carbonyl (C=O) groups excluding carboxylic acids is 1. The van der Waals surface area contributed by atoms with Crippen molar-refractivity contribution in [3.63, 3.8) is 0 Å². The summed E-state index contributed by atoms with van der Waals surface area (Å²) in [6.07, 6.45) is 2.78. The van der Waals surface area contributed by atoms with Gasteiger partial charge < -0.3 is 4.74 Å². The van der Waals surface area contributed by atoms with Crippen LogP contribution in [0, 0.1) is 22.0 Å². The van der Waals surface area contributed by atoms with Crippen molar-refractivity contribution >= 4 is 6.09 Å². The Morgan fingerprint density at radius 2 is 2.05 bits per heavy atom. The predicted molar refractivity (Wildman–Crippen MR) is 71.2 cm³/mol. The number of amides is 1. The van der Waals surface area contributed by atoms with Crippen LogP contribution in [0.15, 0.2) is 12.3 Å². The van der Waals surface area contributed by atoms with E-state index in [0.29, 0.717) is 0 Å². The second kappa shape index (κ2) is 5.59. The summed E-state index contributed by atoms with van der Waals surface area (Å²) in [5.74, 6) is 0.00104. The molecule has 0 spiro atoms. The van der Waals surface area contributed by atoms with E-state index in [1.165, 1.54) is 4.90 Å². The Balaban J connectivity index is 2.83. The maximum atomic E-state index is 11.9. The Kier molecular flexibility index (Phi) is 4.55. The maximum absolute atomic E-state index is 11.9. The number of ether oxygens (including phenoxy) is 1. The fraction of sp³-hybridized carbons (Fsp3) is 0.769. The number of nitro groups is 1. The van der Waals surface area contributed by atoms with Crippen LogP contribution in [0.25, 0.3) is 0 Å². The Bertz CT molecular complexity index is 385. The zero-order valence-corrected chi connectivity index (χ0v) is 12.1. The lowest BCUT2D eigenvalue weighted by Crippen LogP contribution is -2.47. The molecule has 0 fully saturated rings. The van der Waals surface area contributed by atoms with Crippen molar-refractivity contribution < 1.29 is 14.5 Å². The second-order valence-electron chi connectivity index (χ2n) is 6.15. The minimum Gasteiger partial charge on any atom is -0.443 e. The molecular formula is C13H22N2O4. The van der Waals surface area contributed by atoms with Gasteiger partial charge in [-0.1, -0.05) is 19.9 Å². The van der Waals surface area contributed by atoms with E-state index in [-0.39, 0.29) is 23.3 Å². The van der Waals surface area contributed by atoms with Gasteiger partial charge in [0.25, 0.3) is 0 Å². The molecule has 0 N–H and O–H groups in total. The fourth-order valence-electron chi connectivity index (χ4n) is 2.05. The monoisotopic (exact) mass is 270 g/mol. The minimum atomic E-state index is -0.780. The van der Waals surface area contributed by atoms with Gasteiger partial charge in [-0.15, -0.1) is 0 Å². The van der Waals surface area contributed by atoms with E-state index in [0.717, 1.165) is 0 Å². The largest absolute Gasteiger partial charge is 0.443 e. The van der Waals surface area contributed by atoms with Crippen molar-refractivity contribution in [1.82, 2.24) is 4.90 Å². The molecule has 1 heterocycles. The summed E-state index contributed by atoms with van der Waals surface area (Å²) < 4.78 is 5.21. The van der Waals surface area contributed by atoms with E-state index in [9.17, 15) is 14.9 Å². The van der Waals surface area contributed by atoms with E-state index in [2.05, 4.69) is 0 Å². The minimum absolute atomic E-state index is 0.0568. The Morgan fingerprint density at radius 1 is 1.47 bits per heavy atom. The summed E-state index contributed by atoms with van der Waals surface area (Å²) in [6, 6.07) is -0.780. The van der Waals surface area contributed by atoms with E-state index in [1.54, 1.807) is 33.0 Å². The maximum Gasteiger partial charge on any atom is 0.414 e. The SMILES string of the molecule is CC(C)[C@@H]1C=CN(C(=O)OC(C)(C)C)C[C@H]1[N+](=O)[O-]. The number of hydrogen-bond acceptors (Lipinski definition) is 4. The average Bonchev–Trinajstić information content (AvgIpc) is 2.25. The van der Waals surface area contributed by atoms with Crippen LogP contribution in [-0.2, 0) is 4.74 Å². The van der Waals surface area contributed by atoms with Gasteiger partial charge in [0.1, 0.15) is 5.60 Å². The van der Waals surface area contributed by atoms with E-state index in [1.807, 2.05) is 13.8 Å². The van der Waals surface area contributed by atoms with Crippen LogP contribution in [0.2, 0.25) is 0 Å². The van der Waals surface area contributed by atoms with Gasteiger partial charge >= 0.3 is 6.09 Å². The molecule has 0 radical (unpaired) electrons. The molecule has 19 heavy (non-hydrogen) atoms. The molecule has 0 aliphatic carbocycles. The van der Waals surface area contributed by atoms with Crippen LogP contribution in [-0.4, -0.2) is 34.1 Å². The standard InChI is InChI=1S/C13H22N2O4/c1-9(2)10-6-7-14(8-11(10)15(17)18)12(16)19-13(3,4)5/h6-7,9-11H,8H2,1-5H3/t10-,11+/m0/s1. The lowest BCUT2D eigenvalue weighted by atomic mass is 9.86. The summed E-state index contributed by atoms with van der Waals surface area (Å²) in [5.41, 5.74) is -0.607. The highest BCUT2D eigenvalue weighted by atomic mass is 16.6. The van der Waals surface area contributed by atoms with Crippen LogP contribution in [0.1, 0.15) is 34.6 Å². The van der Waals surface area contributed by atoms with Gasteiger partial charge in [0.2, 0.25) is 6.04 Å². The second-order valence-corrected chi connectivity index (χ2v) is 6.15. The molecule has 6 heteroatoms. The predicted octanol–water partition coefficient (Wildman–Crippen LogP) is 2.67. The Morgan fingerprint density at radius 3 is 2.47 bits per heavy atom. The molecule has 0 aromatic carbocycles. The lowest BCUT2D eigenvalue weighted by molar-refractivity contribution is -0.531. The van der Waals surface area contributed by atoms with Gasteiger partial charge in [0, 0.05) is 11.1 Å². The van der Waals surface area contributed by atoms with Crippen LogP contribution in [0.3, 0.4) is 0 Å². The van der Waals surface area contributed by atoms with Gasteiger partial charge in [0.15, 0.2) is 0 Å². The van der Waals surface area contributed by atoms with Crippen molar-refractivity contribution in [2.75, 3.05) is 6.54 Å². The zero-order valence-electron chi connectivity index (χ0n) is 12.1. The normalized spacial score (nSPS) is 23.6. The first-order valence-electron chi connectivity index (χ1n) is 6.43. The number of rotatable bonds is 2. The van der Waals surface area contributed by atoms with Gasteiger partial charge in [-0.05, 0) is 26.7 Å². The highest BCUT2D eigenvalue weighted by molar-refractivity contribution is 5.69. The molecule has 1 rings (SSSR count). The Labute approximate surface area is 113 Å². The first kappa shape index (κ1) is 15.5. The smallest absolute Gasteiger partial charge is 0.414 e. The molecule has 2 atom stereocenters. The van der Waals surface area contributed by atoms with Crippen LogP contribution in [0.4, 0.5) is 4.79 Å². The van der Waals surface area contributed by atoms with Crippen molar-refractivity contribution in [2.24, 2.45) is 11.8 Å². The molecule has 0 saturated heterocycles. The molecule has 1 aliphatic heterocycles. The third kappa shape index (κ3) is 4.22. The number of carbonyl (C=O) groups is 1. The number of hydrogen-bond donors (Lipinski definition) is 0. The molecule has 0 aromatic rings. The molecule has 1 amide bonds. The van der Waals surface area contributed by atoms with Crippen molar-refractivity contribution in [3.8, 4) is 0 Å². The highest BCUT2D eigenvalue weighted by Gasteiger charge is 2.38. The molecular weight excluding hydrogens is 248 g/mol. The van der Waals surface area contributed by atoms with Gasteiger partial charge in [-0.25, -0.2) is 4.79 Å². The van der Waals surface area contributed by atoms with Gasteiger partial charge in [-0.2, -0.15) is 0 Å². The zero-order chi connectivity index (χ0) is 14.8. The summed E-state index contributed by atoms with van der Waals surface area (Å²) in [6.45, 7) is 9.23. The summed E-state index contributed by atoms with van der Waals surface area (Å²) in [5, 5.41) is 11.1. The first-order chi connectivity index (χ1) is 8.61. The molecule has 108 valence electrons. The topological polar surface area (TPSA) is 72.7 Å². The molecule has 1 aliphatic rings.